The van der Waals surface area contributed by atoms with Crippen molar-refractivity contribution < 1.29 is 14.1 Å². The number of likely N-dealkylation sites (tertiary alicyclic amines) is 1. The highest BCUT2D eigenvalue weighted by molar-refractivity contribution is 5.97. The normalized spacial score (nSPS) is 18.3. The van der Waals surface area contributed by atoms with Crippen LogP contribution in [0.2, 0.25) is 0 Å². The Balaban J connectivity index is 1.33. The largest absolute Gasteiger partial charge is 0.339 e. The number of hydrogen-bond acceptors (Lipinski definition) is 5. The lowest BCUT2D eigenvalue weighted by Crippen LogP contribution is -2.39. The van der Waals surface area contributed by atoms with Gasteiger partial charge in [0.1, 0.15) is 0 Å². The Labute approximate surface area is 158 Å². The van der Waals surface area contributed by atoms with E-state index < -0.39 is 0 Å². The van der Waals surface area contributed by atoms with Crippen molar-refractivity contribution >= 4 is 17.5 Å². The van der Waals surface area contributed by atoms with Crippen LogP contribution >= 0.6 is 0 Å². The number of carbonyl (C=O) groups excluding carboxylic acids is 2. The van der Waals surface area contributed by atoms with Crippen LogP contribution in [0, 0.1) is 12.8 Å². The molecule has 7 heteroatoms. The van der Waals surface area contributed by atoms with Crippen molar-refractivity contribution in [1.29, 1.82) is 0 Å². The number of aryl methyl sites for hydroxylation is 1. The Bertz CT molecular complexity index is 822. The van der Waals surface area contributed by atoms with Crippen LogP contribution in [-0.4, -0.2) is 46.5 Å². The molecule has 0 bridgehead atoms. The van der Waals surface area contributed by atoms with Gasteiger partial charge in [-0.05, 0) is 56.4 Å². The zero-order valence-corrected chi connectivity index (χ0v) is 15.6. The van der Waals surface area contributed by atoms with Gasteiger partial charge in [0, 0.05) is 43.7 Å². The van der Waals surface area contributed by atoms with Crippen LogP contribution in [0.15, 0.2) is 28.8 Å². The number of nitrogens with zero attached hydrogens (tertiary/aromatic N) is 4. The highest BCUT2D eigenvalue weighted by Gasteiger charge is 2.26. The van der Waals surface area contributed by atoms with E-state index in [1.807, 2.05) is 36.1 Å². The van der Waals surface area contributed by atoms with Gasteiger partial charge in [-0.1, -0.05) is 5.16 Å². The first-order chi connectivity index (χ1) is 13.1. The number of hydrogen-bond donors (Lipinski definition) is 0. The SMILES string of the molecule is Cc1noc(CC2CCN(C(=O)c3ccc(N4CCCC4=O)cc3)CC2)n1. The van der Waals surface area contributed by atoms with Crippen LogP contribution < -0.4 is 4.90 Å². The Morgan fingerprint density at radius 3 is 2.52 bits per heavy atom. The molecule has 2 aromatic rings. The van der Waals surface area contributed by atoms with Gasteiger partial charge in [-0.2, -0.15) is 4.98 Å². The van der Waals surface area contributed by atoms with Crippen molar-refractivity contribution in [3.8, 4) is 0 Å². The molecule has 0 aliphatic carbocycles. The average Bonchev–Trinajstić information content (AvgIpc) is 3.30. The van der Waals surface area contributed by atoms with Crippen LogP contribution in [0.5, 0.6) is 0 Å². The number of anilines is 1. The molecule has 2 aliphatic rings. The van der Waals surface area contributed by atoms with E-state index in [9.17, 15) is 9.59 Å². The molecular formula is C20H24N4O3. The van der Waals surface area contributed by atoms with Gasteiger partial charge in [-0.25, -0.2) is 0 Å². The van der Waals surface area contributed by atoms with Crippen molar-refractivity contribution in [3.05, 3.63) is 41.5 Å². The third-order valence-electron chi connectivity index (χ3n) is 5.43. The van der Waals surface area contributed by atoms with Crippen LogP contribution in [0.4, 0.5) is 5.69 Å². The third-order valence-corrected chi connectivity index (χ3v) is 5.43. The number of piperidine rings is 1. The van der Waals surface area contributed by atoms with E-state index in [1.165, 1.54) is 0 Å². The molecule has 7 nitrogen and oxygen atoms in total. The summed E-state index contributed by atoms with van der Waals surface area (Å²) in [5.74, 6) is 2.03. The van der Waals surface area contributed by atoms with E-state index in [0.717, 1.165) is 51.0 Å². The predicted octanol–water partition coefficient (Wildman–Crippen LogP) is 2.60. The minimum absolute atomic E-state index is 0.0568. The summed E-state index contributed by atoms with van der Waals surface area (Å²) in [5.41, 5.74) is 1.55. The molecule has 27 heavy (non-hydrogen) atoms. The van der Waals surface area contributed by atoms with Gasteiger partial charge in [-0.3, -0.25) is 9.59 Å². The molecule has 142 valence electrons. The molecular weight excluding hydrogens is 344 g/mol. The maximum absolute atomic E-state index is 12.8. The first-order valence-electron chi connectivity index (χ1n) is 9.59. The average molecular weight is 368 g/mol. The molecule has 1 aromatic carbocycles. The summed E-state index contributed by atoms with van der Waals surface area (Å²) in [6, 6.07) is 7.41. The number of carbonyl (C=O) groups is 2. The quantitative estimate of drug-likeness (QED) is 0.829. The maximum atomic E-state index is 12.8. The lowest BCUT2D eigenvalue weighted by molar-refractivity contribution is -0.117. The lowest BCUT2D eigenvalue weighted by Gasteiger charge is -2.31. The molecule has 2 fully saturated rings. The van der Waals surface area contributed by atoms with Crippen LogP contribution in [0.1, 0.15) is 47.8 Å². The minimum Gasteiger partial charge on any atom is -0.339 e. The number of amides is 2. The summed E-state index contributed by atoms with van der Waals surface area (Å²) in [7, 11) is 0. The van der Waals surface area contributed by atoms with Gasteiger partial charge in [0.2, 0.25) is 11.8 Å². The van der Waals surface area contributed by atoms with Gasteiger partial charge in [0.25, 0.3) is 5.91 Å². The highest BCUT2D eigenvalue weighted by atomic mass is 16.5. The standard InChI is InChI=1S/C20H24N4O3/c1-14-21-18(27-22-14)13-15-8-11-23(12-9-15)20(26)16-4-6-17(7-5-16)24-10-2-3-19(24)25/h4-7,15H,2-3,8-13H2,1H3. The molecule has 0 spiro atoms. The molecule has 0 unspecified atom stereocenters. The molecule has 2 amide bonds. The van der Waals surface area contributed by atoms with Gasteiger partial charge in [0.05, 0.1) is 0 Å². The Morgan fingerprint density at radius 1 is 1.19 bits per heavy atom. The fourth-order valence-corrected chi connectivity index (χ4v) is 3.90. The van der Waals surface area contributed by atoms with E-state index in [1.54, 1.807) is 4.90 Å². The maximum Gasteiger partial charge on any atom is 0.253 e. The second-order valence-corrected chi connectivity index (χ2v) is 7.37. The summed E-state index contributed by atoms with van der Waals surface area (Å²) >= 11 is 0. The fraction of sp³-hybridized carbons (Fsp3) is 0.500. The second kappa shape index (κ2) is 7.50. The van der Waals surface area contributed by atoms with E-state index in [0.29, 0.717) is 29.6 Å². The zero-order valence-electron chi connectivity index (χ0n) is 15.6. The van der Waals surface area contributed by atoms with E-state index in [2.05, 4.69) is 10.1 Å². The van der Waals surface area contributed by atoms with Crippen LogP contribution in [-0.2, 0) is 11.2 Å². The summed E-state index contributed by atoms with van der Waals surface area (Å²) in [5, 5.41) is 3.83. The Hall–Kier alpha value is -2.70. The zero-order chi connectivity index (χ0) is 18.8. The fourth-order valence-electron chi connectivity index (χ4n) is 3.90. The van der Waals surface area contributed by atoms with Crippen molar-refractivity contribution in [3.63, 3.8) is 0 Å². The molecule has 2 saturated heterocycles. The van der Waals surface area contributed by atoms with Crippen molar-refractivity contribution in [2.24, 2.45) is 5.92 Å². The molecule has 3 heterocycles. The molecule has 1 aromatic heterocycles. The summed E-state index contributed by atoms with van der Waals surface area (Å²) in [6.07, 6.45) is 4.17. The molecule has 0 N–H and O–H groups in total. The lowest BCUT2D eigenvalue weighted by atomic mass is 9.93. The number of rotatable bonds is 4. The molecule has 4 rings (SSSR count). The van der Waals surface area contributed by atoms with Crippen molar-refractivity contribution in [2.75, 3.05) is 24.5 Å². The monoisotopic (exact) mass is 368 g/mol. The highest BCUT2D eigenvalue weighted by Crippen LogP contribution is 2.24. The second-order valence-electron chi connectivity index (χ2n) is 7.37. The van der Waals surface area contributed by atoms with Crippen molar-refractivity contribution in [2.45, 2.75) is 39.0 Å². The molecule has 0 saturated carbocycles. The number of benzene rings is 1. The van der Waals surface area contributed by atoms with Gasteiger partial charge in [0.15, 0.2) is 5.82 Å². The first kappa shape index (κ1) is 17.7. The molecule has 0 atom stereocenters. The minimum atomic E-state index is 0.0568. The molecule has 0 radical (unpaired) electrons. The number of aromatic nitrogens is 2. The summed E-state index contributed by atoms with van der Waals surface area (Å²) in [6.45, 7) is 4.06. The van der Waals surface area contributed by atoms with E-state index in [-0.39, 0.29) is 11.8 Å². The van der Waals surface area contributed by atoms with E-state index in [4.69, 9.17) is 4.52 Å². The summed E-state index contributed by atoms with van der Waals surface area (Å²) in [4.78, 5) is 32.6. The van der Waals surface area contributed by atoms with Crippen LogP contribution in [0.25, 0.3) is 0 Å². The topological polar surface area (TPSA) is 79.5 Å². The smallest absolute Gasteiger partial charge is 0.253 e. The first-order valence-corrected chi connectivity index (χ1v) is 9.59. The van der Waals surface area contributed by atoms with Crippen molar-refractivity contribution in [1.82, 2.24) is 15.0 Å². The summed E-state index contributed by atoms with van der Waals surface area (Å²) < 4.78 is 5.20. The molecule has 2 aliphatic heterocycles. The Morgan fingerprint density at radius 2 is 1.93 bits per heavy atom. The third kappa shape index (κ3) is 3.86. The van der Waals surface area contributed by atoms with E-state index >= 15 is 0 Å². The Kier molecular flexibility index (Phi) is 4.92. The predicted molar refractivity (Wildman–Crippen MR) is 99.4 cm³/mol. The van der Waals surface area contributed by atoms with Gasteiger partial charge >= 0.3 is 0 Å². The van der Waals surface area contributed by atoms with Crippen LogP contribution in [0.3, 0.4) is 0 Å². The van der Waals surface area contributed by atoms with Gasteiger partial charge < -0.3 is 14.3 Å². The van der Waals surface area contributed by atoms with Gasteiger partial charge in [-0.15, -0.1) is 0 Å².